The molecule has 6 aliphatic rings. The molecule has 6 rings (SSSR count). The summed E-state index contributed by atoms with van der Waals surface area (Å²) in [6, 6.07) is 0.175. The topological polar surface area (TPSA) is 81.8 Å². The number of nitrogens with one attached hydrogen (secondary N) is 2. The second-order valence-corrected chi connectivity index (χ2v) is 13.0. The average molecular weight is 443 g/mol. The highest BCUT2D eigenvalue weighted by atomic mass is 16.2. The van der Waals surface area contributed by atoms with Gasteiger partial charge in [-0.25, -0.2) is 4.79 Å². The fourth-order valence-corrected chi connectivity index (χ4v) is 9.55. The minimum Gasteiger partial charge on any atom is -0.298 e. The monoisotopic (exact) mass is 442 g/mol. The summed E-state index contributed by atoms with van der Waals surface area (Å²) in [4.78, 5) is 43.7. The molecule has 0 aromatic carbocycles. The van der Waals surface area contributed by atoms with Crippen LogP contribution >= 0.6 is 0 Å². The van der Waals surface area contributed by atoms with Crippen LogP contribution in [0.25, 0.3) is 0 Å². The van der Waals surface area contributed by atoms with Crippen LogP contribution in [0.15, 0.2) is 0 Å². The minimum absolute atomic E-state index is 0.128. The zero-order valence-electron chi connectivity index (χ0n) is 19.9. The molecular formula is C25H38N4O3. The number of piperidine rings is 2. The van der Waals surface area contributed by atoms with Gasteiger partial charge in [0.25, 0.3) is 0 Å². The number of imide groups is 2. The third-order valence-corrected chi connectivity index (χ3v) is 10.1. The van der Waals surface area contributed by atoms with Gasteiger partial charge in [0.15, 0.2) is 0 Å². The maximum Gasteiger partial charge on any atom is 0.330 e. The van der Waals surface area contributed by atoms with Gasteiger partial charge >= 0.3 is 6.03 Å². The Morgan fingerprint density at radius 2 is 1.72 bits per heavy atom. The van der Waals surface area contributed by atoms with Gasteiger partial charge in [-0.05, 0) is 67.6 Å². The van der Waals surface area contributed by atoms with Gasteiger partial charge in [-0.15, -0.1) is 0 Å². The summed E-state index contributed by atoms with van der Waals surface area (Å²) in [5.74, 6) is 0.259. The Morgan fingerprint density at radius 3 is 2.50 bits per heavy atom. The molecule has 32 heavy (non-hydrogen) atoms. The van der Waals surface area contributed by atoms with E-state index in [1.54, 1.807) is 0 Å². The van der Waals surface area contributed by atoms with E-state index >= 15 is 0 Å². The molecule has 2 N–H and O–H groups in total. The molecular weight excluding hydrogens is 404 g/mol. The quantitative estimate of drug-likeness (QED) is 0.564. The summed E-state index contributed by atoms with van der Waals surface area (Å²) in [7, 11) is 1.53. The highest BCUT2D eigenvalue weighted by Gasteiger charge is 2.73. The van der Waals surface area contributed by atoms with Crippen molar-refractivity contribution in [1.82, 2.24) is 20.4 Å². The first-order chi connectivity index (χ1) is 15.1. The molecule has 4 heterocycles. The number of rotatable bonds is 0. The number of hydrogen-bond acceptors (Lipinski definition) is 5. The van der Waals surface area contributed by atoms with Gasteiger partial charge in [0.05, 0.1) is 6.17 Å². The van der Waals surface area contributed by atoms with Gasteiger partial charge < -0.3 is 0 Å². The average Bonchev–Trinajstić information content (AvgIpc) is 2.95. The molecule has 0 aromatic heterocycles. The summed E-state index contributed by atoms with van der Waals surface area (Å²) in [6.45, 7) is 6.98. The van der Waals surface area contributed by atoms with Gasteiger partial charge in [0.2, 0.25) is 11.8 Å². The Hall–Kier alpha value is -1.47. The SMILES string of the molecule is CN1C(=O)NC(=O)[C@@]2(CC3CC4CCCCC4NC3N3[C@H]4CC(C)(C)C[C@](C)(C4)[C@H]32)C1=O. The zero-order valence-corrected chi connectivity index (χ0v) is 19.9. The lowest BCUT2D eigenvalue weighted by molar-refractivity contribution is -0.175. The van der Waals surface area contributed by atoms with Gasteiger partial charge in [-0.3, -0.25) is 30.0 Å². The second kappa shape index (κ2) is 6.56. The van der Waals surface area contributed by atoms with Gasteiger partial charge in [0, 0.05) is 25.2 Å². The predicted molar refractivity (Wildman–Crippen MR) is 119 cm³/mol. The fourth-order valence-electron chi connectivity index (χ4n) is 9.55. The number of fused-ring (bicyclic) bond motifs is 9. The molecule has 4 saturated heterocycles. The Kier molecular flexibility index (Phi) is 4.32. The highest BCUT2D eigenvalue weighted by Crippen LogP contribution is 2.65. The molecule has 2 saturated carbocycles. The molecule has 0 aromatic rings. The summed E-state index contributed by atoms with van der Waals surface area (Å²) >= 11 is 0. The van der Waals surface area contributed by atoms with E-state index in [4.69, 9.17) is 0 Å². The summed E-state index contributed by atoms with van der Waals surface area (Å²) in [5, 5.41) is 6.64. The Bertz CT molecular complexity index is 888. The number of carbonyl (C=O) groups is 3. The third kappa shape index (κ3) is 2.64. The van der Waals surface area contributed by atoms with Crippen LogP contribution in [0.2, 0.25) is 0 Å². The van der Waals surface area contributed by atoms with E-state index < -0.39 is 11.4 Å². The lowest BCUT2D eigenvalue weighted by atomic mass is 9.54. The van der Waals surface area contributed by atoms with Crippen molar-refractivity contribution in [3.8, 4) is 0 Å². The van der Waals surface area contributed by atoms with Crippen molar-refractivity contribution >= 4 is 17.8 Å². The van der Waals surface area contributed by atoms with E-state index in [0.29, 0.717) is 24.4 Å². The molecule has 176 valence electrons. The molecule has 8 atom stereocenters. The largest absolute Gasteiger partial charge is 0.330 e. The number of urea groups is 1. The van der Waals surface area contributed by atoms with E-state index in [0.717, 1.165) is 25.7 Å². The van der Waals surface area contributed by atoms with Gasteiger partial charge in [-0.2, -0.15) is 0 Å². The zero-order chi connectivity index (χ0) is 22.6. The van der Waals surface area contributed by atoms with E-state index in [1.807, 2.05) is 0 Å². The third-order valence-electron chi connectivity index (χ3n) is 10.1. The predicted octanol–water partition coefficient (Wildman–Crippen LogP) is 2.85. The van der Waals surface area contributed by atoms with Crippen LogP contribution in [0.1, 0.15) is 78.6 Å². The standard InChI is InChI=1S/C25H38N4O3/c1-23(2)11-16-12-24(3,13-23)19-25(20(30)27-22(32)28(4)21(25)31)10-15-9-14-7-5-6-8-17(14)26-18(15)29(16)19/h14-19,26H,5-13H2,1-4H3,(H,27,30,32)/t14?,15?,16-,17?,18?,19-,24-,25-/m0/s1. The number of hydrogen-bond donors (Lipinski definition) is 2. The van der Waals surface area contributed by atoms with Crippen LogP contribution in [0.4, 0.5) is 4.79 Å². The van der Waals surface area contributed by atoms with E-state index in [2.05, 4.69) is 36.3 Å². The smallest absolute Gasteiger partial charge is 0.298 e. The van der Waals surface area contributed by atoms with Crippen LogP contribution in [0, 0.1) is 28.1 Å². The highest BCUT2D eigenvalue weighted by molar-refractivity contribution is 6.19. The summed E-state index contributed by atoms with van der Waals surface area (Å²) in [6.07, 6.45) is 10.0. The van der Waals surface area contributed by atoms with E-state index in [1.165, 1.54) is 37.6 Å². The number of carbonyl (C=O) groups excluding carboxylic acids is 3. The minimum atomic E-state index is -1.17. The van der Waals surface area contributed by atoms with Gasteiger partial charge in [0.1, 0.15) is 5.41 Å². The Labute approximate surface area is 191 Å². The normalized spacial score (nSPS) is 50.0. The van der Waals surface area contributed by atoms with Crippen LogP contribution in [-0.4, -0.2) is 59.0 Å². The molecule has 2 aliphatic carbocycles. The first-order valence-electron chi connectivity index (χ1n) is 12.7. The van der Waals surface area contributed by atoms with Crippen molar-refractivity contribution in [2.75, 3.05) is 7.05 Å². The first kappa shape index (κ1) is 21.1. The maximum absolute atomic E-state index is 13.9. The van der Waals surface area contributed by atoms with Crippen molar-refractivity contribution in [2.45, 2.75) is 103 Å². The number of amides is 4. The summed E-state index contributed by atoms with van der Waals surface area (Å²) < 4.78 is 0. The van der Waals surface area contributed by atoms with Crippen molar-refractivity contribution in [3.05, 3.63) is 0 Å². The van der Waals surface area contributed by atoms with Crippen LogP contribution < -0.4 is 10.6 Å². The number of nitrogens with zero attached hydrogens (tertiary/aromatic N) is 2. The van der Waals surface area contributed by atoms with Crippen molar-refractivity contribution < 1.29 is 14.4 Å². The van der Waals surface area contributed by atoms with Crippen molar-refractivity contribution in [3.63, 3.8) is 0 Å². The van der Waals surface area contributed by atoms with E-state index in [-0.39, 0.29) is 40.8 Å². The Balaban J connectivity index is 1.49. The van der Waals surface area contributed by atoms with Crippen LogP contribution in [-0.2, 0) is 9.59 Å². The maximum atomic E-state index is 13.9. The molecule has 1 spiro atoms. The van der Waals surface area contributed by atoms with Crippen molar-refractivity contribution in [1.29, 1.82) is 0 Å². The van der Waals surface area contributed by atoms with Gasteiger partial charge in [-0.1, -0.05) is 33.6 Å². The fraction of sp³-hybridized carbons (Fsp3) is 0.880. The molecule has 6 fully saturated rings. The molecule has 4 unspecified atom stereocenters. The molecule has 7 nitrogen and oxygen atoms in total. The second-order valence-electron chi connectivity index (χ2n) is 13.0. The number of barbiturate groups is 1. The lowest BCUT2D eigenvalue weighted by Gasteiger charge is -2.60. The van der Waals surface area contributed by atoms with Crippen molar-refractivity contribution in [2.24, 2.45) is 28.1 Å². The molecule has 7 heteroatoms. The van der Waals surface area contributed by atoms with Crippen LogP contribution in [0.5, 0.6) is 0 Å². The molecule has 2 bridgehead atoms. The molecule has 0 radical (unpaired) electrons. The van der Waals surface area contributed by atoms with Crippen LogP contribution in [0.3, 0.4) is 0 Å². The van der Waals surface area contributed by atoms with E-state index in [9.17, 15) is 14.4 Å². The molecule has 4 aliphatic heterocycles. The molecule has 4 amide bonds. The first-order valence-corrected chi connectivity index (χ1v) is 12.7. The lowest BCUT2D eigenvalue weighted by Crippen LogP contribution is -2.77. The summed E-state index contributed by atoms with van der Waals surface area (Å²) in [5.41, 5.74) is -1.13. The Morgan fingerprint density at radius 1 is 0.969 bits per heavy atom.